The minimum Gasteiger partial charge on any atom is -0.380 e. The van der Waals surface area contributed by atoms with Crippen molar-refractivity contribution in [3.8, 4) is 23.7 Å². The smallest absolute Gasteiger partial charge is 0.258 e. The van der Waals surface area contributed by atoms with Gasteiger partial charge in [0.1, 0.15) is 5.60 Å². The molecule has 0 spiro atoms. The molecule has 19 heavy (non-hydrogen) atoms. The van der Waals surface area contributed by atoms with E-state index >= 15 is 0 Å². The average molecular weight is 255 g/mol. The molecular formula is C14H13N3O2. The van der Waals surface area contributed by atoms with Gasteiger partial charge in [0.05, 0.1) is 0 Å². The predicted molar refractivity (Wildman–Crippen MR) is 67.8 cm³/mol. The quantitative estimate of drug-likeness (QED) is 0.846. The number of aromatic nitrogens is 3. The van der Waals surface area contributed by atoms with Crippen molar-refractivity contribution in [2.45, 2.75) is 25.4 Å². The van der Waals surface area contributed by atoms with Gasteiger partial charge in [-0.3, -0.25) is 4.98 Å². The molecule has 2 aromatic heterocycles. The summed E-state index contributed by atoms with van der Waals surface area (Å²) in [6.07, 6.45) is 10.5. The zero-order valence-corrected chi connectivity index (χ0v) is 10.5. The largest absolute Gasteiger partial charge is 0.380 e. The lowest BCUT2D eigenvalue weighted by atomic mass is 10.0. The van der Waals surface area contributed by atoms with Gasteiger partial charge in [0.2, 0.25) is 5.82 Å². The predicted octanol–water partition coefficient (Wildman–Crippen LogP) is 1.73. The molecule has 5 nitrogen and oxygen atoms in total. The second-order valence-corrected chi connectivity index (χ2v) is 4.95. The van der Waals surface area contributed by atoms with Gasteiger partial charge >= 0.3 is 0 Å². The summed E-state index contributed by atoms with van der Waals surface area (Å²) in [6.45, 7) is 1.71. The van der Waals surface area contributed by atoms with Crippen LogP contribution in [-0.2, 0) is 5.60 Å². The molecule has 0 aromatic carbocycles. The number of hydrogen-bond acceptors (Lipinski definition) is 5. The summed E-state index contributed by atoms with van der Waals surface area (Å²) in [5.74, 6) is 3.34. The van der Waals surface area contributed by atoms with Gasteiger partial charge in [-0.25, -0.2) is 0 Å². The van der Waals surface area contributed by atoms with Crippen molar-refractivity contribution < 1.29 is 9.63 Å². The van der Waals surface area contributed by atoms with Crippen molar-refractivity contribution in [1.82, 2.24) is 15.1 Å². The highest BCUT2D eigenvalue weighted by molar-refractivity contribution is 5.55. The third kappa shape index (κ3) is 2.11. The Morgan fingerprint density at radius 3 is 2.95 bits per heavy atom. The minimum absolute atomic E-state index is 0.205. The lowest BCUT2D eigenvalue weighted by molar-refractivity contribution is 0.000916. The highest BCUT2D eigenvalue weighted by Crippen LogP contribution is 2.45. The number of terminal acetylenes is 1. The maximum atomic E-state index is 10.3. The number of aliphatic hydroxyl groups is 1. The van der Waals surface area contributed by atoms with Crippen molar-refractivity contribution >= 4 is 0 Å². The van der Waals surface area contributed by atoms with Crippen molar-refractivity contribution in [2.24, 2.45) is 5.92 Å². The summed E-state index contributed by atoms with van der Waals surface area (Å²) < 4.78 is 5.17. The Bertz CT molecular complexity index is 651. The second-order valence-electron chi connectivity index (χ2n) is 4.95. The van der Waals surface area contributed by atoms with Crippen molar-refractivity contribution in [3.63, 3.8) is 0 Å². The molecule has 5 heteroatoms. The summed E-state index contributed by atoms with van der Waals surface area (Å²) in [4.78, 5) is 8.28. The highest BCUT2D eigenvalue weighted by atomic mass is 16.5. The molecule has 1 aliphatic rings. The lowest BCUT2D eigenvalue weighted by Crippen LogP contribution is -2.24. The topological polar surface area (TPSA) is 72.0 Å². The van der Waals surface area contributed by atoms with Crippen molar-refractivity contribution in [2.75, 3.05) is 0 Å². The van der Waals surface area contributed by atoms with E-state index in [0.29, 0.717) is 17.0 Å². The second kappa shape index (κ2) is 4.18. The normalized spacial score (nSPS) is 17.7. The summed E-state index contributed by atoms with van der Waals surface area (Å²) in [5.41, 5.74) is 0.275. The molecule has 1 aliphatic carbocycles. The SMILES string of the molecule is C#Cc1cncc(-c2noc(C(C)(O)C3CC3)n2)c1. The van der Waals surface area contributed by atoms with Gasteiger partial charge in [-0.1, -0.05) is 11.1 Å². The number of pyridine rings is 1. The Hall–Kier alpha value is -2.19. The fourth-order valence-electron chi connectivity index (χ4n) is 2.01. The Balaban J connectivity index is 1.94. The van der Waals surface area contributed by atoms with Crippen LogP contribution in [0.15, 0.2) is 23.0 Å². The van der Waals surface area contributed by atoms with Crippen LogP contribution in [-0.4, -0.2) is 20.2 Å². The number of hydrogen-bond donors (Lipinski definition) is 1. The number of rotatable bonds is 3. The molecule has 1 unspecified atom stereocenters. The monoisotopic (exact) mass is 255 g/mol. The molecular weight excluding hydrogens is 242 g/mol. The zero-order valence-electron chi connectivity index (χ0n) is 10.5. The first-order valence-corrected chi connectivity index (χ1v) is 6.10. The standard InChI is InChI=1S/C14H13N3O2/c1-3-9-6-10(8-15-7-9)12-16-13(19-17-12)14(2,18)11-4-5-11/h1,6-8,11,18H,4-5H2,2H3. The van der Waals surface area contributed by atoms with E-state index < -0.39 is 5.60 Å². The molecule has 1 saturated carbocycles. The van der Waals surface area contributed by atoms with Crippen LogP contribution in [0.5, 0.6) is 0 Å². The van der Waals surface area contributed by atoms with E-state index in [4.69, 9.17) is 10.9 Å². The van der Waals surface area contributed by atoms with Crippen LogP contribution in [0.3, 0.4) is 0 Å². The maximum absolute atomic E-state index is 10.3. The van der Waals surface area contributed by atoms with Crippen LogP contribution in [0.2, 0.25) is 0 Å². The molecule has 2 heterocycles. The van der Waals surface area contributed by atoms with Crippen LogP contribution in [0, 0.1) is 18.3 Å². The van der Waals surface area contributed by atoms with E-state index in [1.54, 1.807) is 25.4 Å². The Kier molecular flexibility index (Phi) is 2.61. The first-order chi connectivity index (χ1) is 9.11. The molecule has 1 N–H and O–H groups in total. The van der Waals surface area contributed by atoms with Gasteiger partial charge in [0.15, 0.2) is 0 Å². The third-order valence-corrected chi connectivity index (χ3v) is 3.39. The van der Waals surface area contributed by atoms with Gasteiger partial charge < -0.3 is 9.63 Å². The van der Waals surface area contributed by atoms with E-state index in [1.165, 1.54) is 0 Å². The van der Waals surface area contributed by atoms with Crippen molar-refractivity contribution in [1.29, 1.82) is 0 Å². The van der Waals surface area contributed by atoms with E-state index in [2.05, 4.69) is 21.0 Å². The van der Waals surface area contributed by atoms with Gasteiger partial charge in [-0.15, -0.1) is 6.42 Å². The molecule has 0 radical (unpaired) electrons. The molecule has 96 valence electrons. The van der Waals surface area contributed by atoms with Gasteiger partial charge in [-0.05, 0) is 31.7 Å². The van der Waals surface area contributed by atoms with Gasteiger partial charge in [-0.2, -0.15) is 4.98 Å². The average Bonchev–Trinajstić information content (AvgIpc) is 3.17. The lowest BCUT2D eigenvalue weighted by Gasteiger charge is -2.16. The Morgan fingerprint density at radius 2 is 2.26 bits per heavy atom. The van der Waals surface area contributed by atoms with Crippen LogP contribution in [0.1, 0.15) is 31.2 Å². The molecule has 0 aliphatic heterocycles. The van der Waals surface area contributed by atoms with Gasteiger partial charge in [0.25, 0.3) is 5.89 Å². The van der Waals surface area contributed by atoms with Crippen LogP contribution in [0.25, 0.3) is 11.4 Å². The molecule has 1 atom stereocenters. The zero-order chi connectivity index (χ0) is 13.5. The van der Waals surface area contributed by atoms with E-state index in [-0.39, 0.29) is 11.8 Å². The molecule has 2 aromatic rings. The summed E-state index contributed by atoms with van der Waals surface area (Å²) in [5, 5.41) is 14.2. The fourth-order valence-corrected chi connectivity index (χ4v) is 2.01. The Morgan fingerprint density at radius 1 is 1.47 bits per heavy atom. The molecule has 0 saturated heterocycles. The van der Waals surface area contributed by atoms with Crippen LogP contribution < -0.4 is 0 Å². The summed E-state index contributed by atoms with van der Waals surface area (Å²) in [7, 11) is 0. The fraction of sp³-hybridized carbons (Fsp3) is 0.357. The van der Waals surface area contributed by atoms with E-state index in [9.17, 15) is 5.11 Å². The molecule has 1 fully saturated rings. The minimum atomic E-state index is -1.05. The highest BCUT2D eigenvalue weighted by Gasteiger charge is 2.45. The molecule has 0 amide bonds. The number of nitrogens with zero attached hydrogens (tertiary/aromatic N) is 3. The summed E-state index contributed by atoms with van der Waals surface area (Å²) in [6, 6.07) is 1.76. The molecule has 0 bridgehead atoms. The first kappa shape index (κ1) is 11.9. The van der Waals surface area contributed by atoms with Gasteiger partial charge in [0, 0.05) is 23.5 Å². The first-order valence-electron chi connectivity index (χ1n) is 6.10. The summed E-state index contributed by atoms with van der Waals surface area (Å²) >= 11 is 0. The Labute approximate surface area is 110 Å². The van der Waals surface area contributed by atoms with E-state index in [0.717, 1.165) is 12.8 Å². The van der Waals surface area contributed by atoms with Crippen molar-refractivity contribution in [3.05, 3.63) is 29.9 Å². The molecule has 3 rings (SSSR count). The van der Waals surface area contributed by atoms with Crippen LogP contribution >= 0.6 is 0 Å². The van der Waals surface area contributed by atoms with E-state index in [1.807, 2.05) is 0 Å². The maximum Gasteiger partial charge on any atom is 0.258 e. The third-order valence-electron chi connectivity index (χ3n) is 3.39. The van der Waals surface area contributed by atoms with Crippen LogP contribution in [0.4, 0.5) is 0 Å².